The van der Waals surface area contributed by atoms with E-state index in [2.05, 4.69) is 0 Å². The monoisotopic (exact) mass is 480 g/mol. The number of nitrogens with zero attached hydrogens (tertiary/aromatic N) is 3. The van der Waals surface area contributed by atoms with Gasteiger partial charge in [0.25, 0.3) is 5.56 Å². The molecule has 4 aromatic rings. The summed E-state index contributed by atoms with van der Waals surface area (Å²) in [5.41, 5.74) is 0.125. The van der Waals surface area contributed by atoms with Crippen molar-refractivity contribution in [1.82, 2.24) is 9.13 Å². The van der Waals surface area contributed by atoms with Gasteiger partial charge in [-0.05, 0) is 22.3 Å². The molecule has 0 radical (unpaired) electrons. The SMILES string of the molecule is CC(C)Cn1c(=O)n(C)c(=O)c2c(N(CCO)C(=O)[O-])c(Cc3cccc4ccccc34)sc21. The van der Waals surface area contributed by atoms with E-state index in [1.165, 1.54) is 23.0 Å². The Morgan fingerprint density at radius 2 is 1.85 bits per heavy atom. The quantitative estimate of drug-likeness (QED) is 0.437. The minimum Gasteiger partial charge on any atom is -0.530 e. The van der Waals surface area contributed by atoms with Crippen molar-refractivity contribution in [3.63, 3.8) is 0 Å². The molecule has 2 heterocycles. The van der Waals surface area contributed by atoms with Gasteiger partial charge >= 0.3 is 5.69 Å². The van der Waals surface area contributed by atoms with Gasteiger partial charge in [0.15, 0.2) is 0 Å². The molecular weight excluding hydrogens is 454 g/mol. The summed E-state index contributed by atoms with van der Waals surface area (Å²) in [5, 5.41) is 23.9. The molecule has 0 atom stereocenters. The van der Waals surface area contributed by atoms with Gasteiger partial charge in [0, 0.05) is 31.4 Å². The summed E-state index contributed by atoms with van der Waals surface area (Å²) in [6, 6.07) is 13.8. The first kappa shape index (κ1) is 23.7. The van der Waals surface area contributed by atoms with E-state index in [0.717, 1.165) is 25.8 Å². The number of fused-ring (bicyclic) bond motifs is 2. The Morgan fingerprint density at radius 1 is 1.15 bits per heavy atom. The fourth-order valence-corrected chi connectivity index (χ4v) is 5.63. The molecule has 0 bridgehead atoms. The molecule has 0 saturated carbocycles. The number of carbonyl (C=O) groups excluding carboxylic acids is 1. The normalized spacial score (nSPS) is 11.6. The third-order valence-corrected chi connectivity index (χ3v) is 7.01. The van der Waals surface area contributed by atoms with Gasteiger partial charge in [-0.3, -0.25) is 13.9 Å². The second-order valence-corrected chi connectivity index (χ2v) is 9.75. The molecule has 0 aliphatic rings. The van der Waals surface area contributed by atoms with Crippen LogP contribution >= 0.6 is 11.3 Å². The molecule has 1 N–H and O–H groups in total. The Labute approximate surface area is 199 Å². The second kappa shape index (κ2) is 9.44. The third-order valence-electron chi connectivity index (χ3n) is 5.81. The smallest absolute Gasteiger partial charge is 0.331 e. The molecule has 2 aromatic heterocycles. The largest absolute Gasteiger partial charge is 0.530 e. The highest BCUT2D eigenvalue weighted by molar-refractivity contribution is 7.19. The fourth-order valence-electron chi connectivity index (χ4n) is 4.31. The van der Waals surface area contributed by atoms with E-state index in [-0.39, 0.29) is 23.5 Å². The predicted molar refractivity (Wildman–Crippen MR) is 133 cm³/mol. The lowest BCUT2D eigenvalue weighted by Crippen LogP contribution is -2.44. The van der Waals surface area contributed by atoms with Crippen molar-refractivity contribution in [2.75, 3.05) is 18.1 Å². The predicted octanol–water partition coefficient (Wildman–Crippen LogP) is 2.30. The van der Waals surface area contributed by atoms with Gasteiger partial charge in [0.05, 0.1) is 17.7 Å². The van der Waals surface area contributed by atoms with Crippen LogP contribution in [-0.2, 0) is 20.0 Å². The highest BCUT2D eigenvalue weighted by Gasteiger charge is 2.26. The number of hydrogen-bond donors (Lipinski definition) is 1. The Balaban J connectivity index is 2.06. The molecule has 0 aliphatic carbocycles. The summed E-state index contributed by atoms with van der Waals surface area (Å²) in [4.78, 5) is 40.3. The van der Waals surface area contributed by atoms with E-state index in [9.17, 15) is 24.6 Å². The van der Waals surface area contributed by atoms with Gasteiger partial charge in [-0.2, -0.15) is 0 Å². The number of aromatic nitrogens is 2. The van der Waals surface area contributed by atoms with Gasteiger partial charge in [0.2, 0.25) is 0 Å². The number of carboxylic acid groups (broad SMARTS) is 1. The molecule has 8 nitrogen and oxygen atoms in total. The van der Waals surface area contributed by atoms with Crippen LogP contribution in [0.3, 0.4) is 0 Å². The molecule has 0 fully saturated rings. The summed E-state index contributed by atoms with van der Waals surface area (Å²) in [6.45, 7) is 3.62. The summed E-state index contributed by atoms with van der Waals surface area (Å²) >= 11 is 1.24. The zero-order valence-corrected chi connectivity index (χ0v) is 20.1. The first-order chi connectivity index (χ1) is 16.2. The van der Waals surface area contributed by atoms with Gasteiger partial charge in [0.1, 0.15) is 10.9 Å². The van der Waals surface area contributed by atoms with Crippen LogP contribution < -0.4 is 21.3 Å². The summed E-state index contributed by atoms with van der Waals surface area (Å²) < 4.78 is 2.55. The van der Waals surface area contributed by atoms with Crippen molar-refractivity contribution in [1.29, 1.82) is 0 Å². The molecule has 2 aromatic carbocycles. The first-order valence-electron chi connectivity index (χ1n) is 11.1. The van der Waals surface area contributed by atoms with Crippen molar-refractivity contribution in [3.05, 3.63) is 73.7 Å². The molecule has 1 amide bonds. The maximum absolute atomic E-state index is 13.3. The van der Waals surface area contributed by atoms with E-state index < -0.39 is 23.9 Å². The van der Waals surface area contributed by atoms with Crippen LogP contribution in [0, 0.1) is 5.92 Å². The van der Waals surface area contributed by atoms with Crippen LogP contribution in [0.5, 0.6) is 0 Å². The zero-order chi connectivity index (χ0) is 24.6. The highest BCUT2D eigenvalue weighted by atomic mass is 32.1. The molecule has 0 saturated heterocycles. The van der Waals surface area contributed by atoms with Crippen molar-refractivity contribution < 1.29 is 15.0 Å². The number of carbonyl (C=O) groups is 1. The third kappa shape index (κ3) is 4.12. The summed E-state index contributed by atoms with van der Waals surface area (Å²) in [5.74, 6) is 0.125. The van der Waals surface area contributed by atoms with Crippen molar-refractivity contribution in [3.8, 4) is 0 Å². The number of hydrogen-bond acceptors (Lipinski definition) is 6. The molecule has 4 rings (SSSR count). The van der Waals surface area contributed by atoms with Crippen molar-refractivity contribution in [2.45, 2.75) is 26.8 Å². The second-order valence-electron chi connectivity index (χ2n) is 8.66. The lowest BCUT2D eigenvalue weighted by atomic mass is 10.0. The summed E-state index contributed by atoms with van der Waals surface area (Å²) in [6.07, 6.45) is -1.17. The summed E-state index contributed by atoms with van der Waals surface area (Å²) in [7, 11) is 1.39. The number of aliphatic hydroxyl groups excluding tert-OH is 1. The van der Waals surface area contributed by atoms with Crippen LogP contribution in [-0.4, -0.2) is 33.5 Å². The molecule has 0 unspecified atom stereocenters. The zero-order valence-electron chi connectivity index (χ0n) is 19.3. The van der Waals surface area contributed by atoms with Crippen molar-refractivity contribution >= 4 is 44.1 Å². The van der Waals surface area contributed by atoms with E-state index in [0.29, 0.717) is 22.7 Å². The molecule has 34 heavy (non-hydrogen) atoms. The molecule has 9 heteroatoms. The Bertz CT molecular complexity index is 1490. The minimum atomic E-state index is -1.52. The van der Waals surface area contributed by atoms with E-state index in [1.54, 1.807) is 0 Å². The average Bonchev–Trinajstić information content (AvgIpc) is 3.17. The van der Waals surface area contributed by atoms with E-state index >= 15 is 0 Å². The molecule has 178 valence electrons. The Morgan fingerprint density at radius 3 is 2.53 bits per heavy atom. The molecule has 0 aliphatic heterocycles. The molecule has 0 spiro atoms. The van der Waals surface area contributed by atoms with Crippen LogP contribution in [0.4, 0.5) is 10.5 Å². The number of anilines is 1. The van der Waals surface area contributed by atoms with Gasteiger partial charge in [-0.25, -0.2) is 4.79 Å². The Kier molecular flexibility index (Phi) is 6.58. The topological polar surface area (TPSA) is 108 Å². The number of thiophene rings is 1. The number of amides is 1. The van der Waals surface area contributed by atoms with Crippen LogP contribution in [0.15, 0.2) is 52.1 Å². The molecular formula is C25H26N3O5S-. The number of rotatable bonds is 7. The van der Waals surface area contributed by atoms with Gasteiger partial charge < -0.3 is 19.9 Å². The van der Waals surface area contributed by atoms with Crippen LogP contribution in [0.2, 0.25) is 0 Å². The minimum absolute atomic E-state index is 0.125. The van der Waals surface area contributed by atoms with Crippen LogP contribution in [0.25, 0.3) is 21.0 Å². The maximum Gasteiger partial charge on any atom is 0.331 e. The van der Waals surface area contributed by atoms with E-state index in [4.69, 9.17) is 0 Å². The standard InChI is InChI=1S/C25H27N3O5S/c1-15(2)14-28-23-20(22(30)26(3)24(28)31)21(27(11-12-29)25(32)33)19(34-23)13-17-9-6-8-16-7-4-5-10-18(16)17/h4-10,15,29H,11-14H2,1-3H3,(H,32,33)/p-1. The first-order valence-corrected chi connectivity index (χ1v) is 11.9. The lowest BCUT2D eigenvalue weighted by Gasteiger charge is -2.25. The van der Waals surface area contributed by atoms with Gasteiger partial charge in [-0.1, -0.05) is 56.3 Å². The van der Waals surface area contributed by atoms with Gasteiger partial charge in [-0.15, -0.1) is 11.3 Å². The fraction of sp³-hybridized carbons (Fsp3) is 0.320. The van der Waals surface area contributed by atoms with E-state index in [1.807, 2.05) is 56.3 Å². The van der Waals surface area contributed by atoms with Crippen molar-refractivity contribution in [2.24, 2.45) is 13.0 Å². The number of aliphatic hydroxyl groups is 1. The lowest BCUT2D eigenvalue weighted by molar-refractivity contribution is -0.246. The Hall–Kier alpha value is -3.43. The van der Waals surface area contributed by atoms with Crippen LogP contribution in [0.1, 0.15) is 24.3 Å². The highest BCUT2D eigenvalue weighted by Crippen LogP contribution is 2.38. The number of benzene rings is 2. The average molecular weight is 481 g/mol. The maximum atomic E-state index is 13.3.